The number of phenols is 28. The van der Waals surface area contributed by atoms with Gasteiger partial charge in [0.2, 0.25) is 80.5 Å². The summed E-state index contributed by atoms with van der Waals surface area (Å²) in [7, 11) is 0. The Bertz CT molecular complexity index is 3940. The van der Waals surface area contributed by atoms with Gasteiger partial charge in [-0.05, 0) is 0 Å². The highest BCUT2D eigenvalue weighted by atomic mass is 16.4. The number of fused-ring (bicyclic) bond motifs is 5. The van der Waals surface area contributed by atoms with Gasteiger partial charge >= 0.3 is 0 Å². The average Bonchev–Trinajstić information content (AvgIpc) is 3.76. The van der Waals surface area contributed by atoms with E-state index in [0.29, 0.717) is 0 Å². The Morgan fingerprint density at radius 1 is 0.123 bits per heavy atom. The Morgan fingerprint density at radius 3 is 0.575 bits per heavy atom. The Labute approximate surface area is 395 Å². The normalized spacial score (nSPS) is 11.7. The van der Waals surface area contributed by atoms with Crippen molar-refractivity contribution in [2.45, 2.75) is 0 Å². The molecule has 0 aliphatic carbocycles. The number of phenolic OH excluding ortho intramolecular Hbond substituents is 28. The van der Waals surface area contributed by atoms with Gasteiger partial charge in [-0.1, -0.05) is 0 Å². The van der Waals surface area contributed by atoms with Crippen LogP contribution in [0.5, 0.6) is 161 Å². The summed E-state index contributed by atoms with van der Waals surface area (Å²) in [4.78, 5) is 0. The summed E-state index contributed by atoms with van der Waals surface area (Å²) in [5.41, 5.74) is -14.7. The van der Waals surface area contributed by atoms with Crippen molar-refractivity contribution >= 4 is 43.5 Å². The van der Waals surface area contributed by atoms with Crippen LogP contribution in [0.4, 0.5) is 0 Å². The lowest BCUT2D eigenvalue weighted by Crippen LogP contribution is -1.97. The largest absolute Gasteiger partial charge is 0.506 e. The van der Waals surface area contributed by atoms with Crippen LogP contribution in [0.3, 0.4) is 0 Å². The lowest BCUT2D eigenvalue weighted by atomic mass is 9.81. The van der Waals surface area contributed by atoms with E-state index in [-0.39, 0.29) is 0 Å². The van der Waals surface area contributed by atoms with E-state index in [0.717, 1.165) is 0 Å². The minimum absolute atomic E-state index is 1.30. The zero-order valence-corrected chi connectivity index (χ0v) is 34.9. The van der Waals surface area contributed by atoms with Crippen LogP contribution in [0, 0.1) is 0 Å². The first-order chi connectivity index (χ1) is 34.0. The number of aromatic hydroxyl groups is 28. The Hall–Kier alpha value is -11.5. The minimum atomic E-state index is -1.89. The molecule has 28 N–H and O–H groups in total. The van der Waals surface area contributed by atoms with Gasteiger partial charge in [-0.15, -0.1) is 0 Å². The Morgan fingerprint density at radius 2 is 0.288 bits per heavy atom. The van der Waals surface area contributed by atoms with Crippen molar-refractivity contribution in [2.75, 3.05) is 0 Å². The van der Waals surface area contributed by atoms with Crippen molar-refractivity contribution in [1.29, 1.82) is 0 Å². The molecule has 29 nitrogen and oxygen atoms in total. The fraction of sp³-hybridized carbons (Fsp3) is 0. The molecule has 1 aromatic heterocycles. The van der Waals surface area contributed by atoms with Gasteiger partial charge in [0.05, 0.1) is 44.2 Å². The highest BCUT2D eigenvalue weighted by Crippen LogP contribution is 2.70. The lowest BCUT2D eigenvalue weighted by Gasteiger charge is -2.24. The van der Waals surface area contributed by atoms with Gasteiger partial charge in [0, 0.05) is 32.7 Å². The van der Waals surface area contributed by atoms with Crippen LogP contribution < -0.4 is 0 Å². The smallest absolute Gasteiger partial charge is 0.208 e. The predicted molar refractivity (Wildman–Crippen MR) is 237 cm³/mol. The predicted octanol–water partition coefficient (Wildman–Crippen LogP) is 4.32. The van der Waals surface area contributed by atoms with E-state index in [2.05, 4.69) is 0 Å². The topological polar surface area (TPSA) is 580 Å². The summed E-state index contributed by atoms with van der Waals surface area (Å²) < 4.78 is 5.80. The molecular weight excluding hydrogens is 992 g/mol. The van der Waals surface area contributed by atoms with Crippen LogP contribution in [0.25, 0.3) is 88.0 Å². The van der Waals surface area contributed by atoms with Crippen molar-refractivity contribution < 1.29 is 147 Å². The number of furan rings is 1. The van der Waals surface area contributed by atoms with E-state index in [9.17, 15) is 143 Å². The van der Waals surface area contributed by atoms with Crippen molar-refractivity contribution in [3.63, 3.8) is 0 Å². The molecule has 0 atom stereocenters. The minimum Gasteiger partial charge on any atom is -0.506 e. The van der Waals surface area contributed by atoms with Gasteiger partial charge in [0.1, 0.15) is 11.5 Å². The second kappa shape index (κ2) is 14.5. The molecule has 9 rings (SSSR count). The zero-order valence-electron chi connectivity index (χ0n) is 34.9. The van der Waals surface area contributed by atoms with Crippen molar-refractivity contribution in [1.82, 2.24) is 0 Å². The average molecular weight is 1020 g/mol. The van der Waals surface area contributed by atoms with Crippen molar-refractivity contribution in [3.8, 4) is 205 Å². The molecule has 8 aromatic carbocycles. The quantitative estimate of drug-likeness (QED) is 0.0663. The van der Waals surface area contributed by atoms with Crippen LogP contribution in [0.15, 0.2) is 4.42 Å². The number of hydrogen-bond acceptors (Lipinski definition) is 29. The molecule has 0 bridgehead atoms. The first-order valence-electron chi connectivity index (χ1n) is 19.4. The second-order valence-electron chi connectivity index (χ2n) is 15.8. The van der Waals surface area contributed by atoms with Crippen molar-refractivity contribution in [3.05, 3.63) is 0 Å². The molecule has 1 heterocycles. The molecule has 0 unspecified atom stereocenters. The highest BCUT2D eigenvalue weighted by Gasteiger charge is 2.42. The third-order valence-corrected chi connectivity index (χ3v) is 12.1. The third kappa shape index (κ3) is 5.36. The standard InChI is InChI=1S/C44H28O29/c45-15-7(1-3-5(19(49)32(62)30(60)17(3)47)2(6-4(1)18(48)31(61)33(63)20(6)50)8-21(51)34(64)40(70)35(65)22(8)52)16(46)13-14-28(58)29(59)27(57)12(10-25(55)38(68)42(72)39(69)26(10)56)44(14)73-43(13)11(15)9-23(53)36(66)41(71)37(67)24(9)54/h45-72H. The third-order valence-electron chi connectivity index (χ3n) is 12.1. The van der Waals surface area contributed by atoms with E-state index in [1.807, 2.05) is 0 Å². The van der Waals surface area contributed by atoms with Crippen LogP contribution in [-0.2, 0) is 0 Å². The highest BCUT2D eigenvalue weighted by molar-refractivity contribution is 6.33. The Kier molecular flexibility index (Phi) is 9.25. The van der Waals surface area contributed by atoms with Gasteiger partial charge in [0.25, 0.3) is 0 Å². The van der Waals surface area contributed by atoms with Crippen LogP contribution in [0.1, 0.15) is 0 Å². The molecule has 0 saturated carbocycles. The number of benzene rings is 8. The van der Waals surface area contributed by atoms with Crippen LogP contribution in [0.2, 0.25) is 0 Å². The summed E-state index contributed by atoms with van der Waals surface area (Å²) in [6.07, 6.45) is 0. The van der Waals surface area contributed by atoms with E-state index in [1.165, 1.54) is 0 Å². The monoisotopic (exact) mass is 1020 g/mol. The maximum absolute atomic E-state index is 12.6. The first kappa shape index (κ1) is 46.6. The molecule has 73 heavy (non-hydrogen) atoms. The molecule has 0 amide bonds. The van der Waals surface area contributed by atoms with Gasteiger partial charge in [-0.25, -0.2) is 0 Å². The molecule has 0 fully saturated rings. The van der Waals surface area contributed by atoms with Gasteiger partial charge in [-0.3, -0.25) is 0 Å². The maximum atomic E-state index is 12.6. The molecule has 0 aliphatic rings. The molecule has 29 heteroatoms. The van der Waals surface area contributed by atoms with E-state index < -0.39 is 249 Å². The van der Waals surface area contributed by atoms with E-state index in [4.69, 9.17) is 4.42 Å². The van der Waals surface area contributed by atoms with Gasteiger partial charge in [0.15, 0.2) is 80.2 Å². The van der Waals surface area contributed by atoms with Crippen LogP contribution >= 0.6 is 0 Å². The number of hydrogen-bond donors (Lipinski definition) is 28. The summed E-state index contributed by atoms with van der Waals surface area (Å²) in [5.74, 6) is -49.1. The fourth-order valence-corrected chi connectivity index (χ4v) is 8.75. The fourth-order valence-electron chi connectivity index (χ4n) is 8.75. The SMILES string of the molecule is Oc1c(O)c(O)c(-c2c(O)c(O)c(O)c3c2oc2c(-c4c(O)c(O)c(O)c(O)c4O)c(O)c(-c4c5c(O)c(O)c(O)c(O)c5c(-c5c(O)c(O)c(O)c(O)c5O)c5c(O)c(O)c(O)c(O)c45)c(O)c23)c(O)c1O. The summed E-state index contributed by atoms with van der Waals surface area (Å²) in [6.45, 7) is 0. The van der Waals surface area contributed by atoms with Crippen LogP contribution in [-0.4, -0.2) is 143 Å². The van der Waals surface area contributed by atoms with Crippen molar-refractivity contribution in [2.24, 2.45) is 0 Å². The second-order valence-corrected chi connectivity index (χ2v) is 15.8. The van der Waals surface area contributed by atoms with E-state index >= 15 is 0 Å². The lowest BCUT2D eigenvalue weighted by molar-refractivity contribution is 0.329. The molecule has 0 radical (unpaired) electrons. The number of rotatable bonds is 4. The first-order valence-corrected chi connectivity index (χ1v) is 19.4. The summed E-state index contributed by atoms with van der Waals surface area (Å²) >= 11 is 0. The summed E-state index contributed by atoms with van der Waals surface area (Å²) in [5, 5.41) is 303. The Balaban J connectivity index is 1.69. The molecular formula is C44H28O29. The maximum Gasteiger partial charge on any atom is 0.208 e. The van der Waals surface area contributed by atoms with E-state index in [1.54, 1.807) is 0 Å². The zero-order chi connectivity index (χ0) is 54.1. The molecule has 0 saturated heterocycles. The summed E-state index contributed by atoms with van der Waals surface area (Å²) in [6, 6.07) is 0. The van der Waals surface area contributed by atoms with Gasteiger partial charge < -0.3 is 147 Å². The van der Waals surface area contributed by atoms with Gasteiger partial charge in [-0.2, -0.15) is 0 Å². The molecule has 378 valence electrons. The molecule has 9 aromatic rings. The molecule has 0 aliphatic heterocycles. The molecule has 0 spiro atoms.